The van der Waals surface area contributed by atoms with Gasteiger partial charge in [0.05, 0.1) is 46.9 Å². The average molecular weight is 589 g/mol. The first-order valence-corrected chi connectivity index (χ1v) is 12.0. The summed E-state index contributed by atoms with van der Waals surface area (Å²) in [6, 6.07) is 6.01. The van der Waals surface area contributed by atoms with Gasteiger partial charge in [0.1, 0.15) is 0 Å². The lowest BCUT2D eigenvalue weighted by molar-refractivity contribution is 0.0591. The molecule has 0 saturated carbocycles. The lowest BCUT2D eigenvalue weighted by Crippen LogP contribution is -2.15. The van der Waals surface area contributed by atoms with Crippen molar-refractivity contribution in [2.45, 2.75) is 11.5 Å². The van der Waals surface area contributed by atoms with Crippen LogP contribution in [0.25, 0.3) is 0 Å². The maximum atomic E-state index is 12.9. The summed E-state index contributed by atoms with van der Waals surface area (Å²) >= 11 is 18.7. The van der Waals surface area contributed by atoms with Gasteiger partial charge in [0, 0.05) is 8.95 Å². The molecule has 0 atom stereocenters. The van der Waals surface area contributed by atoms with E-state index in [4.69, 9.17) is 32.7 Å². The van der Waals surface area contributed by atoms with Gasteiger partial charge in [-0.05, 0) is 55.1 Å². The molecule has 0 spiro atoms. The molecule has 0 N–H and O–H groups in total. The minimum Gasteiger partial charge on any atom is -0.465 e. The number of hydrogen-bond donors (Lipinski definition) is 0. The van der Waals surface area contributed by atoms with Crippen LogP contribution in [0.4, 0.5) is 0 Å². The second-order valence-electron chi connectivity index (χ2n) is 5.81. The van der Waals surface area contributed by atoms with Crippen molar-refractivity contribution in [2.24, 2.45) is 0 Å². The molecule has 0 aliphatic rings. The number of halogens is 4. The minimum atomic E-state index is -3.84. The number of hydrogen-bond acceptors (Lipinski definition) is 6. The lowest BCUT2D eigenvalue weighted by atomic mass is 10.1. The Morgan fingerprint density at radius 1 is 0.828 bits per heavy atom. The van der Waals surface area contributed by atoms with Crippen molar-refractivity contribution in [3.63, 3.8) is 0 Å². The number of ether oxygens (including phenoxy) is 2. The molecule has 0 saturated heterocycles. The van der Waals surface area contributed by atoms with Crippen molar-refractivity contribution in [1.82, 2.24) is 0 Å². The molecule has 2 aromatic rings. The number of carbonyl (C=O) groups is 2. The summed E-state index contributed by atoms with van der Waals surface area (Å²) in [5.74, 6) is -2.52. The van der Waals surface area contributed by atoms with Gasteiger partial charge >= 0.3 is 11.9 Å². The maximum Gasteiger partial charge on any atom is 0.339 e. The van der Waals surface area contributed by atoms with Crippen molar-refractivity contribution in [3.05, 3.63) is 65.5 Å². The van der Waals surface area contributed by atoms with Gasteiger partial charge in [0.25, 0.3) is 0 Å². The number of sulfone groups is 1. The summed E-state index contributed by atoms with van der Waals surface area (Å²) in [4.78, 5) is 24.2. The zero-order valence-electron chi connectivity index (χ0n) is 15.1. The predicted octanol–water partition coefficient (Wildman–Crippen LogP) is 5.21. The molecule has 0 heterocycles. The molecule has 0 amide bonds. The van der Waals surface area contributed by atoms with Crippen molar-refractivity contribution < 1.29 is 27.5 Å². The van der Waals surface area contributed by atoms with E-state index in [1.165, 1.54) is 38.5 Å². The Morgan fingerprint density at radius 2 is 1.17 bits per heavy atom. The van der Waals surface area contributed by atoms with E-state index >= 15 is 0 Å². The largest absolute Gasteiger partial charge is 0.465 e. The van der Waals surface area contributed by atoms with E-state index in [2.05, 4.69) is 31.9 Å². The monoisotopic (exact) mass is 586 g/mol. The molecule has 2 aromatic carbocycles. The summed E-state index contributed by atoms with van der Waals surface area (Å²) in [6.07, 6.45) is 0. The van der Waals surface area contributed by atoms with Gasteiger partial charge in [0.2, 0.25) is 0 Å². The van der Waals surface area contributed by atoms with Crippen molar-refractivity contribution in [2.75, 3.05) is 14.2 Å². The van der Waals surface area contributed by atoms with E-state index in [0.29, 0.717) is 8.95 Å². The van der Waals surface area contributed by atoms with Crippen molar-refractivity contribution in [3.8, 4) is 0 Å². The van der Waals surface area contributed by atoms with Crippen LogP contribution in [0.2, 0.25) is 10.0 Å². The van der Waals surface area contributed by atoms with Gasteiger partial charge in [-0.3, -0.25) is 0 Å². The minimum absolute atomic E-state index is 0.0471. The Bertz CT molecular complexity index is 1010. The Balaban J connectivity index is 2.48. The fraction of sp³-hybridized carbons (Fsp3) is 0.222. The SMILES string of the molecule is COC(=O)c1c(CS(=O)(=O)Cc2ccc(Br)c(Cl)c2C(=O)OC)ccc(Br)c1Cl. The fourth-order valence-electron chi connectivity index (χ4n) is 2.59. The molecule has 29 heavy (non-hydrogen) atoms. The summed E-state index contributed by atoms with van der Waals surface area (Å²) in [5, 5.41) is 0.0953. The van der Waals surface area contributed by atoms with Crippen LogP contribution >= 0.6 is 55.1 Å². The van der Waals surface area contributed by atoms with Crippen molar-refractivity contribution >= 4 is 76.8 Å². The Labute approximate surface area is 194 Å². The zero-order valence-corrected chi connectivity index (χ0v) is 20.6. The first-order chi connectivity index (χ1) is 13.5. The molecule has 156 valence electrons. The molecule has 0 aromatic heterocycles. The normalized spacial score (nSPS) is 11.2. The molecule has 11 heteroatoms. The van der Waals surface area contributed by atoms with Crippen LogP contribution in [0.1, 0.15) is 31.8 Å². The molecule has 0 unspecified atom stereocenters. The van der Waals surface area contributed by atoms with Gasteiger partial charge in [-0.15, -0.1) is 0 Å². The second-order valence-corrected chi connectivity index (χ2v) is 10.3. The summed E-state index contributed by atoms with van der Waals surface area (Å²) in [5.41, 5.74) is 0.254. The molecular weight excluding hydrogens is 575 g/mol. The lowest BCUT2D eigenvalue weighted by Gasteiger charge is -2.14. The predicted molar refractivity (Wildman–Crippen MR) is 117 cm³/mol. The van der Waals surface area contributed by atoms with E-state index in [0.717, 1.165) is 0 Å². The third-order valence-electron chi connectivity index (χ3n) is 3.89. The van der Waals surface area contributed by atoms with Gasteiger partial charge in [-0.25, -0.2) is 18.0 Å². The van der Waals surface area contributed by atoms with E-state index in [1.54, 1.807) is 0 Å². The highest BCUT2D eigenvalue weighted by molar-refractivity contribution is 9.10. The smallest absolute Gasteiger partial charge is 0.339 e. The van der Waals surface area contributed by atoms with Gasteiger partial charge in [-0.2, -0.15) is 0 Å². The standard InChI is InChI=1S/C18H14Br2Cl2O6S/c1-27-17(23)13-9(3-5-11(19)15(13)21)7-29(25,26)8-10-4-6-12(20)16(22)14(10)18(24)28-2/h3-6H,7-8H2,1-2H3. The average Bonchev–Trinajstić information content (AvgIpc) is 2.66. The van der Waals surface area contributed by atoms with Crippen molar-refractivity contribution in [1.29, 1.82) is 0 Å². The van der Waals surface area contributed by atoms with Gasteiger partial charge < -0.3 is 9.47 Å². The topological polar surface area (TPSA) is 86.7 Å². The van der Waals surface area contributed by atoms with Crippen LogP contribution in [0.15, 0.2) is 33.2 Å². The molecule has 0 aliphatic carbocycles. The molecule has 0 fully saturated rings. The van der Waals surface area contributed by atoms with Crippen LogP contribution in [-0.2, 0) is 30.8 Å². The van der Waals surface area contributed by atoms with Gasteiger partial charge in [0.15, 0.2) is 9.84 Å². The zero-order chi connectivity index (χ0) is 21.9. The highest BCUT2D eigenvalue weighted by Crippen LogP contribution is 2.33. The molecule has 0 aliphatic heterocycles. The first kappa shape index (κ1) is 24.1. The van der Waals surface area contributed by atoms with E-state index in [1.807, 2.05) is 0 Å². The van der Waals surface area contributed by atoms with Gasteiger partial charge in [-0.1, -0.05) is 35.3 Å². The third kappa shape index (κ3) is 5.52. The fourth-order valence-corrected chi connectivity index (χ4v) is 5.31. The molecular formula is C18H14Br2Cl2O6S. The van der Waals surface area contributed by atoms with Crippen LogP contribution in [-0.4, -0.2) is 34.6 Å². The number of carbonyl (C=O) groups excluding carboxylic acids is 2. The molecule has 0 bridgehead atoms. The third-order valence-corrected chi connectivity index (χ3v) is 7.96. The highest BCUT2D eigenvalue weighted by Gasteiger charge is 2.26. The van der Waals surface area contributed by atoms with Crippen LogP contribution in [0, 0.1) is 0 Å². The number of methoxy groups -OCH3 is 2. The van der Waals surface area contributed by atoms with Crippen LogP contribution in [0.5, 0.6) is 0 Å². The van der Waals surface area contributed by atoms with E-state index in [-0.39, 0.29) is 32.3 Å². The summed E-state index contributed by atoms with van der Waals surface area (Å²) in [7, 11) is -1.50. The highest BCUT2D eigenvalue weighted by atomic mass is 79.9. The summed E-state index contributed by atoms with van der Waals surface area (Å²) in [6.45, 7) is 0. The number of benzene rings is 2. The summed E-state index contributed by atoms with van der Waals surface area (Å²) < 4.78 is 36.0. The molecule has 0 radical (unpaired) electrons. The first-order valence-electron chi connectivity index (χ1n) is 7.83. The molecule has 2 rings (SSSR count). The Kier molecular flexibility index (Phi) is 8.15. The van der Waals surface area contributed by atoms with E-state index < -0.39 is 33.3 Å². The Morgan fingerprint density at radius 3 is 1.48 bits per heavy atom. The number of rotatable bonds is 6. The quantitative estimate of drug-likeness (QED) is 0.431. The maximum absolute atomic E-state index is 12.9. The number of esters is 2. The Hall–Kier alpha value is -1.13. The molecule has 6 nitrogen and oxygen atoms in total. The van der Waals surface area contributed by atoms with E-state index in [9.17, 15) is 18.0 Å². The second kappa shape index (κ2) is 9.78. The van der Waals surface area contributed by atoms with Crippen LogP contribution < -0.4 is 0 Å². The van der Waals surface area contributed by atoms with Crippen LogP contribution in [0.3, 0.4) is 0 Å².